The van der Waals surface area contributed by atoms with Crippen molar-refractivity contribution < 1.29 is 14.7 Å². The van der Waals surface area contributed by atoms with Crippen molar-refractivity contribution >= 4 is 33.6 Å². The van der Waals surface area contributed by atoms with Gasteiger partial charge in [-0.2, -0.15) is 0 Å². The van der Waals surface area contributed by atoms with Gasteiger partial charge in [0.1, 0.15) is 0 Å². The summed E-state index contributed by atoms with van der Waals surface area (Å²) in [5.74, 6) is -0.999. The summed E-state index contributed by atoms with van der Waals surface area (Å²) in [5.41, 5.74) is 1.74. The Labute approximate surface area is 132 Å². The zero-order valence-electron chi connectivity index (χ0n) is 11.9. The first-order chi connectivity index (χ1) is 9.97. The van der Waals surface area contributed by atoms with Crippen molar-refractivity contribution in [2.45, 2.75) is 38.6 Å². The summed E-state index contributed by atoms with van der Waals surface area (Å²) < 4.78 is 0.947. The monoisotopic (exact) mass is 354 g/mol. The maximum absolute atomic E-state index is 12.0. The van der Waals surface area contributed by atoms with Gasteiger partial charge in [0.2, 0.25) is 0 Å². The van der Waals surface area contributed by atoms with Crippen molar-refractivity contribution in [3.63, 3.8) is 0 Å². The number of hydrogen-bond acceptors (Lipinski definition) is 2. The van der Waals surface area contributed by atoms with E-state index in [0.717, 1.165) is 15.7 Å². The van der Waals surface area contributed by atoms with E-state index in [2.05, 4.69) is 26.6 Å². The molecule has 0 aliphatic heterocycles. The lowest BCUT2D eigenvalue weighted by Gasteiger charge is -2.27. The highest BCUT2D eigenvalue weighted by Crippen LogP contribution is 2.25. The number of carbonyl (C=O) groups is 2. The van der Waals surface area contributed by atoms with Crippen molar-refractivity contribution in [3.05, 3.63) is 28.2 Å². The van der Waals surface area contributed by atoms with E-state index in [1.54, 1.807) is 0 Å². The van der Waals surface area contributed by atoms with Gasteiger partial charge in [0.15, 0.2) is 0 Å². The van der Waals surface area contributed by atoms with Crippen LogP contribution in [0.1, 0.15) is 31.2 Å². The highest BCUT2D eigenvalue weighted by atomic mass is 79.9. The quantitative estimate of drug-likeness (QED) is 0.776. The molecule has 0 saturated heterocycles. The lowest BCUT2D eigenvalue weighted by atomic mass is 9.86. The second kappa shape index (κ2) is 6.93. The smallest absolute Gasteiger partial charge is 0.319 e. The summed E-state index contributed by atoms with van der Waals surface area (Å²) in [5, 5.41) is 14.7. The minimum Gasteiger partial charge on any atom is -0.481 e. The summed E-state index contributed by atoms with van der Waals surface area (Å²) in [6, 6.07) is 5.44. The third kappa shape index (κ3) is 4.20. The molecule has 1 aromatic rings. The van der Waals surface area contributed by atoms with Gasteiger partial charge in [-0.15, -0.1) is 0 Å². The van der Waals surface area contributed by atoms with Gasteiger partial charge in [0.05, 0.1) is 5.92 Å². The van der Waals surface area contributed by atoms with E-state index in [0.29, 0.717) is 25.7 Å². The number of hydrogen-bond donors (Lipinski definition) is 3. The molecule has 2 rings (SSSR count). The highest BCUT2D eigenvalue weighted by Gasteiger charge is 2.26. The fourth-order valence-corrected chi connectivity index (χ4v) is 2.94. The molecular formula is C15H19BrN2O3. The number of halogens is 1. The molecule has 1 fully saturated rings. The topological polar surface area (TPSA) is 78.4 Å². The number of carboxylic acids is 1. The molecule has 1 aromatic carbocycles. The van der Waals surface area contributed by atoms with Crippen LogP contribution in [-0.4, -0.2) is 23.1 Å². The predicted molar refractivity (Wildman–Crippen MR) is 84.4 cm³/mol. The predicted octanol–water partition coefficient (Wildman–Crippen LogP) is 3.52. The molecule has 2 amide bonds. The van der Waals surface area contributed by atoms with Crippen molar-refractivity contribution in [2.75, 3.05) is 5.32 Å². The van der Waals surface area contributed by atoms with Crippen molar-refractivity contribution in [3.8, 4) is 0 Å². The summed E-state index contributed by atoms with van der Waals surface area (Å²) >= 11 is 3.43. The Morgan fingerprint density at radius 3 is 2.52 bits per heavy atom. The van der Waals surface area contributed by atoms with Crippen LogP contribution in [0.4, 0.5) is 10.5 Å². The average molecular weight is 355 g/mol. The molecule has 1 aliphatic carbocycles. The number of carbonyl (C=O) groups excluding carboxylic acids is 1. The lowest BCUT2D eigenvalue weighted by Crippen LogP contribution is -2.41. The molecule has 0 unspecified atom stereocenters. The molecule has 0 heterocycles. The molecule has 5 nitrogen and oxygen atoms in total. The summed E-state index contributed by atoms with van der Waals surface area (Å²) in [6.45, 7) is 1.93. The van der Waals surface area contributed by atoms with Crippen LogP contribution in [0.5, 0.6) is 0 Å². The molecule has 0 aromatic heterocycles. The molecule has 1 saturated carbocycles. The average Bonchev–Trinajstić information content (AvgIpc) is 2.44. The van der Waals surface area contributed by atoms with E-state index >= 15 is 0 Å². The van der Waals surface area contributed by atoms with Gasteiger partial charge in [-0.1, -0.05) is 22.0 Å². The number of nitrogens with one attached hydrogen (secondary N) is 2. The number of carboxylic acid groups (broad SMARTS) is 1. The zero-order chi connectivity index (χ0) is 15.4. The Hall–Kier alpha value is -1.56. The van der Waals surface area contributed by atoms with E-state index in [1.165, 1.54) is 0 Å². The van der Waals surface area contributed by atoms with Gasteiger partial charge in [0.25, 0.3) is 0 Å². The SMILES string of the molecule is Cc1c(Br)cccc1NC(=O)NC1CCC(C(=O)O)CC1. The lowest BCUT2D eigenvalue weighted by molar-refractivity contribution is -0.142. The van der Waals surface area contributed by atoms with Crippen LogP contribution in [-0.2, 0) is 4.79 Å². The molecule has 0 atom stereocenters. The van der Waals surface area contributed by atoms with E-state index in [9.17, 15) is 9.59 Å². The van der Waals surface area contributed by atoms with E-state index in [-0.39, 0.29) is 18.0 Å². The summed E-state index contributed by atoms with van der Waals surface area (Å²) in [7, 11) is 0. The van der Waals surface area contributed by atoms with Crippen molar-refractivity contribution in [2.24, 2.45) is 5.92 Å². The first-order valence-electron chi connectivity index (χ1n) is 7.03. The highest BCUT2D eigenvalue weighted by molar-refractivity contribution is 9.10. The minimum atomic E-state index is -0.734. The summed E-state index contributed by atoms with van der Waals surface area (Å²) in [6.07, 6.45) is 2.66. The first kappa shape index (κ1) is 15.8. The van der Waals surface area contributed by atoms with E-state index in [1.807, 2.05) is 25.1 Å². The molecule has 6 heteroatoms. The number of amides is 2. The molecular weight excluding hydrogens is 336 g/mol. The van der Waals surface area contributed by atoms with E-state index in [4.69, 9.17) is 5.11 Å². The second-order valence-electron chi connectivity index (χ2n) is 5.40. The zero-order valence-corrected chi connectivity index (χ0v) is 13.4. The van der Waals surface area contributed by atoms with Crippen LogP contribution in [0.15, 0.2) is 22.7 Å². The van der Waals surface area contributed by atoms with Gasteiger partial charge in [-0.05, 0) is 50.3 Å². The van der Waals surface area contributed by atoms with Gasteiger partial charge >= 0.3 is 12.0 Å². The maximum atomic E-state index is 12.0. The molecule has 21 heavy (non-hydrogen) atoms. The molecule has 0 radical (unpaired) electrons. The Morgan fingerprint density at radius 1 is 1.24 bits per heavy atom. The number of rotatable bonds is 3. The van der Waals surface area contributed by atoms with Crippen LogP contribution >= 0.6 is 15.9 Å². The Balaban J connectivity index is 1.86. The van der Waals surface area contributed by atoms with E-state index < -0.39 is 5.97 Å². The number of aliphatic carboxylic acids is 1. The number of benzene rings is 1. The molecule has 1 aliphatic rings. The maximum Gasteiger partial charge on any atom is 0.319 e. The third-order valence-corrected chi connectivity index (χ3v) is 4.79. The number of urea groups is 1. The minimum absolute atomic E-state index is 0.0491. The molecule has 0 bridgehead atoms. The Kier molecular flexibility index (Phi) is 5.22. The molecule has 3 N–H and O–H groups in total. The largest absolute Gasteiger partial charge is 0.481 e. The fraction of sp³-hybridized carbons (Fsp3) is 0.467. The third-order valence-electron chi connectivity index (χ3n) is 3.93. The van der Waals surface area contributed by atoms with Gasteiger partial charge in [-0.3, -0.25) is 4.79 Å². The molecule has 114 valence electrons. The summed E-state index contributed by atoms with van der Waals surface area (Å²) in [4.78, 5) is 22.9. The molecule has 0 spiro atoms. The Bertz CT molecular complexity index is 540. The van der Waals surface area contributed by atoms with Gasteiger partial charge < -0.3 is 15.7 Å². The van der Waals surface area contributed by atoms with Crippen LogP contribution in [0.3, 0.4) is 0 Å². The van der Waals surface area contributed by atoms with Crippen LogP contribution < -0.4 is 10.6 Å². The first-order valence-corrected chi connectivity index (χ1v) is 7.82. The fourth-order valence-electron chi connectivity index (χ4n) is 2.57. The van der Waals surface area contributed by atoms with Crippen molar-refractivity contribution in [1.29, 1.82) is 0 Å². The second-order valence-corrected chi connectivity index (χ2v) is 6.25. The Morgan fingerprint density at radius 2 is 1.90 bits per heavy atom. The standard InChI is InChI=1S/C15H19BrN2O3/c1-9-12(16)3-2-4-13(9)18-15(21)17-11-7-5-10(6-8-11)14(19)20/h2-4,10-11H,5-8H2,1H3,(H,19,20)(H2,17,18,21). The van der Waals surface area contributed by atoms with Crippen LogP contribution in [0, 0.1) is 12.8 Å². The van der Waals surface area contributed by atoms with Crippen LogP contribution in [0.25, 0.3) is 0 Å². The van der Waals surface area contributed by atoms with Gasteiger partial charge in [0, 0.05) is 16.2 Å². The number of anilines is 1. The normalized spacial score (nSPS) is 21.6. The van der Waals surface area contributed by atoms with Gasteiger partial charge in [-0.25, -0.2) is 4.79 Å². The van der Waals surface area contributed by atoms with Crippen LogP contribution in [0.2, 0.25) is 0 Å². The van der Waals surface area contributed by atoms with Crippen molar-refractivity contribution in [1.82, 2.24) is 5.32 Å².